The minimum atomic E-state index is -0.324. The maximum atomic E-state index is 11.4. The third kappa shape index (κ3) is 4.82. The zero-order valence-electron chi connectivity index (χ0n) is 18.5. The number of fused-ring (bicyclic) bond motifs is 1. The van der Waals surface area contributed by atoms with E-state index in [1.165, 1.54) is 6.07 Å². The fraction of sp³-hybridized carbons (Fsp3) is 0.320. The average molecular weight is 433 g/mol. The van der Waals surface area contributed by atoms with Crippen LogP contribution in [0.25, 0.3) is 22.0 Å². The Hall–Kier alpha value is -3.61. The highest BCUT2D eigenvalue weighted by Gasteiger charge is 2.07. The Morgan fingerprint density at radius 3 is 2.53 bits per heavy atom. The first-order valence-electron chi connectivity index (χ1n) is 10.9. The van der Waals surface area contributed by atoms with Crippen LogP contribution in [0.4, 0.5) is 0 Å². The lowest BCUT2D eigenvalue weighted by molar-refractivity contribution is 0.415. The van der Waals surface area contributed by atoms with Crippen molar-refractivity contribution in [1.82, 2.24) is 19.6 Å². The lowest BCUT2D eigenvalue weighted by Crippen LogP contribution is -2.10. The van der Waals surface area contributed by atoms with Gasteiger partial charge in [0.15, 0.2) is 5.75 Å². The second-order valence-electron chi connectivity index (χ2n) is 8.02. The number of aromatic hydroxyl groups is 1. The summed E-state index contributed by atoms with van der Waals surface area (Å²) in [6, 6.07) is 13.7. The second-order valence-corrected chi connectivity index (χ2v) is 8.02. The molecule has 0 fully saturated rings. The number of pyridine rings is 1. The molecule has 2 aromatic heterocycles. The van der Waals surface area contributed by atoms with Crippen molar-refractivity contribution < 1.29 is 9.84 Å². The predicted octanol–water partition coefficient (Wildman–Crippen LogP) is 4.54. The van der Waals surface area contributed by atoms with Gasteiger partial charge < -0.3 is 14.4 Å². The zero-order chi connectivity index (χ0) is 22.5. The van der Waals surface area contributed by atoms with E-state index in [4.69, 9.17) is 4.74 Å². The van der Waals surface area contributed by atoms with Gasteiger partial charge in [-0.1, -0.05) is 36.3 Å². The number of aryl methyl sites for hydroxylation is 2. The Labute approximate surface area is 186 Å². The van der Waals surface area contributed by atoms with Gasteiger partial charge in [0.25, 0.3) is 0 Å². The van der Waals surface area contributed by atoms with Gasteiger partial charge in [-0.25, -0.2) is 0 Å². The molecule has 0 aliphatic carbocycles. The summed E-state index contributed by atoms with van der Waals surface area (Å²) in [7, 11) is 1.67. The minimum absolute atomic E-state index is 0.152. The standard InChI is InChI=1S/C25H28N4O3/c1-18-25(31)24(30)11-14-28(18)12-5-3-4-6-13-29-17-23(26-27-29)21-8-7-20-16-22(32-2)10-9-19(20)15-21/h7-11,14-17,31H,3-6,12-13H2,1-2H3. The molecular weight excluding hydrogens is 404 g/mol. The van der Waals surface area contributed by atoms with Gasteiger partial charge in [-0.05, 0) is 48.7 Å². The maximum absolute atomic E-state index is 11.4. The van der Waals surface area contributed by atoms with E-state index in [-0.39, 0.29) is 11.2 Å². The highest BCUT2D eigenvalue weighted by Crippen LogP contribution is 2.26. The number of rotatable bonds is 9. The highest BCUT2D eigenvalue weighted by molar-refractivity contribution is 5.87. The number of aromatic nitrogens is 4. The predicted molar refractivity (Wildman–Crippen MR) is 125 cm³/mol. The van der Waals surface area contributed by atoms with E-state index in [1.54, 1.807) is 20.2 Å². The number of nitrogens with zero attached hydrogens (tertiary/aromatic N) is 4. The summed E-state index contributed by atoms with van der Waals surface area (Å²) in [6.45, 7) is 3.39. The van der Waals surface area contributed by atoms with E-state index in [0.29, 0.717) is 5.69 Å². The maximum Gasteiger partial charge on any atom is 0.223 e. The molecular formula is C25H28N4O3. The molecule has 0 aliphatic heterocycles. The molecule has 166 valence electrons. The van der Waals surface area contributed by atoms with Crippen LogP contribution in [0.2, 0.25) is 0 Å². The van der Waals surface area contributed by atoms with Crippen LogP contribution in [-0.2, 0) is 13.1 Å². The van der Waals surface area contributed by atoms with Gasteiger partial charge in [-0.15, -0.1) is 5.10 Å². The van der Waals surface area contributed by atoms with Crippen molar-refractivity contribution in [3.63, 3.8) is 0 Å². The molecule has 0 spiro atoms. The summed E-state index contributed by atoms with van der Waals surface area (Å²) in [4.78, 5) is 11.4. The molecule has 0 amide bonds. The normalized spacial score (nSPS) is 11.2. The first-order valence-corrected chi connectivity index (χ1v) is 10.9. The van der Waals surface area contributed by atoms with Crippen LogP contribution in [0.15, 0.2) is 59.7 Å². The van der Waals surface area contributed by atoms with Crippen LogP contribution in [0.1, 0.15) is 31.4 Å². The van der Waals surface area contributed by atoms with Crippen LogP contribution < -0.4 is 10.2 Å². The third-order valence-corrected chi connectivity index (χ3v) is 5.83. The molecule has 4 rings (SSSR count). The molecule has 0 atom stereocenters. The van der Waals surface area contributed by atoms with Crippen LogP contribution in [0, 0.1) is 6.92 Å². The monoisotopic (exact) mass is 432 g/mol. The fourth-order valence-electron chi connectivity index (χ4n) is 3.86. The van der Waals surface area contributed by atoms with Gasteiger partial charge in [0, 0.05) is 30.9 Å². The van der Waals surface area contributed by atoms with Gasteiger partial charge in [0.05, 0.1) is 19.0 Å². The Morgan fingerprint density at radius 1 is 0.969 bits per heavy atom. The topological polar surface area (TPSA) is 82.2 Å². The van der Waals surface area contributed by atoms with Crippen molar-refractivity contribution in [2.45, 2.75) is 45.7 Å². The SMILES string of the molecule is COc1ccc2cc(-c3cn(CCCCCCn4ccc(=O)c(O)c4C)nn3)ccc2c1. The number of unbranched alkanes of at least 4 members (excludes halogenated alkanes) is 3. The number of hydrogen-bond acceptors (Lipinski definition) is 5. The Bertz CT molecular complexity index is 1280. The summed E-state index contributed by atoms with van der Waals surface area (Å²) in [6.07, 6.45) is 7.91. The number of ether oxygens (including phenoxy) is 1. The molecule has 4 aromatic rings. The van der Waals surface area contributed by atoms with Gasteiger partial charge in [-0.2, -0.15) is 0 Å². The zero-order valence-corrected chi connectivity index (χ0v) is 18.5. The van der Waals surface area contributed by atoms with Gasteiger partial charge in [0.2, 0.25) is 5.43 Å². The van der Waals surface area contributed by atoms with E-state index in [1.807, 2.05) is 27.6 Å². The summed E-state index contributed by atoms with van der Waals surface area (Å²) in [5, 5.41) is 20.7. The Morgan fingerprint density at radius 2 is 1.72 bits per heavy atom. The summed E-state index contributed by atoms with van der Waals surface area (Å²) >= 11 is 0. The lowest BCUT2D eigenvalue weighted by Gasteiger charge is -2.11. The molecule has 7 heteroatoms. The lowest BCUT2D eigenvalue weighted by atomic mass is 10.1. The van der Waals surface area contributed by atoms with E-state index in [2.05, 4.69) is 34.6 Å². The van der Waals surface area contributed by atoms with Crippen molar-refractivity contribution in [3.8, 4) is 22.8 Å². The number of methoxy groups -OCH3 is 1. The van der Waals surface area contributed by atoms with Crippen LogP contribution in [0.5, 0.6) is 11.5 Å². The van der Waals surface area contributed by atoms with Crippen molar-refractivity contribution >= 4 is 10.8 Å². The summed E-state index contributed by atoms with van der Waals surface area (Å²) in [5.74, 6) is 0.698. The van der Waals surface area contributed by atoms with Gasteiger partial charge >= 0.3 is 0 Å². The van der Waals surface area contributed by atoms with Crippen molar-refractivity contribution in [2.24, 2.45) is 0 Å². The van der Waals surface area contributed by atoms with E-state index < -0.39 is 0 Å². The van der Waals surface area contributed by atoms with Crippen LogP contribution in [0.3, 0.4) is 0 Å². The van der Waals surface area contributed by atoms with Crippen molar-refractivity contribution in [2.75, 3.05) is 7.11 Å². The molecule has 7 nitrogen and oxygen atoms in total. The molecule has 0 radical (unpaired) electrons. The molecule has 0 bridgehead atoms. The summed E-state index contributed by atoms with van der Waals surface area (Å²) in [5.41, 5.74) is 2.22. The van der Waals surface area contributed by atoms with Crippen molar-refractivity contribution in [1.29, 1.82) is 0 Å². The smallest absolute Gasteiger partial charge is 0.223 e. The quantitative estimate of drug-likeness (QED) is 0.393. The highest BCUT2D eigenvalue weighted by atomic mass is 16.5. The van der Waals surface area contributed by atoms with E-state index >= 15 is 0 Å². The Kier molecular flexibility index (Phi) is 6.54. The molecule has 0 unspecified atom stereocenters. The molecule has 2 heterocycles. The average Bonchev–Trinajstić information content (AvgIpc) is 3.29. The molecule has 32 heavy (non-hydrogen) atoms. The molecule has 0 saturated heterocycles. The Balaban J connectivity index is 1.26. The van der Waals surface area contributed by atoms with Crippen LogP contribution >= 0.6 is 0 Å². The summed E-state index contributed by atoms with van der Waals surface area (Å²) < 4.78 is 9.12. The molecule has 0 aliphatic rings. The second kappa shape index (κ2) is 9.68. The largest absolute Gasteiger partial charge is 0.503 e. The minimum Gasteiger partial charge on any atom is -0.503 e. The third-order valence-electron chi connectivity index (χ3n) is 5.83. The molecule has 1 N–H and O–H groups in total. The van der Waals surface area contributed by atoms with E-state index in [0.717, 1.165) is 66.6 Å². The molecule has 2 aromatic carbocycles. The van der Waals surface area contributed by atoms with E-state index in [9.17, 15) is 9.90 Å². The van der Waals surface area contributed by atoms with Gasteiger partial charge in [0.1, 0.15) is 11.4 Å². The number of benzene rings is 2. The van der Waals surface area contributed by atoms with Gasteiger partial charge in [-0.3, -0.25) is 9.48 Å². The number of hydrogen-bond donors (Lipinski definition) is 1. The molecule has 0 saturated carbocycles. The van der Waals surface area contributed by atoms with Crippen molar-refractivity contribution in [3.05, 3.63) is 70.8 Å². The van der Waals surface area contributed by atoms with Crippen LogP contribution in [-0.4, -0.2) is 31.8 Å². The first kappa shape index (κ1) is 21.6. The first-order chi connectivity index (χ1) is 15.5. The fourth-order valence-corrected chi connectivity index (χ4v) is 3.86.